The Kier molecular flexibility index (Phi) is 9.36. The summed E-state index contributed by atoms with van der Waals surface area (Å²) in [4.78, 5) is 22.8. The van der Waals surface area contributed by atoms with E-state index in [4.69, 9.17) is 10.5 Å². The van der Waals surface area contributed by atoms with Crippen molar-refractivity contribution in [3.05, 3.63) is 35.4 Å². The molecule has 0 saturated heterocycles. The van der Waals surface area contributed by atoms with Crippen LogP contribution in [0, 0.1) is 0 Å². The maximum Gasteiger partial charge on any atom is 0.337 e. The third-order valence-electron chi connectivity index (χ3n) is 2.77. The summed E-state index contributed by atoms with van der Waals surface area (Å²) in [5, 5.41) is 2.73. The fourth-order valence-corrected chi connectivity index (χ4v) is 1.64. The number of amides is 1. The molecule has 0 spiro atoms. The van der Waals surface area contributed by atoms with E-state index in [-0.39, 0.29) is 30.9 Å². The number of esters is 1. The fraction of sp³-hybridized carbons (Fsp3) is 0.429. The number of rotatable bonds is 7. The van der Waals surface area contributed by atoms with Crippen LogP contribution in [0.25, 0.3) is 0 Å². The molecule has 0 aromatic heterocycles. The van der Waals surface area contributed by atoms with Crippen molar-refractivity contribution in [3.63, 3.8) is 0 Å². The molecule has 21 heavy (non-hydrogen) atoms. The van der Waals surface area contributed by atoms with Crippen LogP contribution in [0.5, 0.6) is 0 Å². The predicted molar refractivity (Wildman–Crippen MR) is 81.6 cm³/mol. The monoisotopic (exact) mass is 316 g/mol. The number of benzene rings is 1. The lowest BCUT2D eigenvalue weighted by molar-refractivity contribution is -0.123. The average Bonchev–Trinajstić information content (AvgIpc) is 2.47. The molecule has 0 saturated carbocycles. The summed E-state index contributed by atoms with van der Waals surface area (Å²) < 4.78 is 9.42. The first kappa shape index (κ1) is 19.4. The van der Waals surface area contributed by atoms with E-state index < -0.39 is 6.04 Å². The van der Waals surface area contributed by atoms with Gasteiger partial charge in [-0.05, 0) is 24.1 Å². The second kappa shape index (κ2) is 10.1. The molecule has 0 aliphatic carbocycles. The summed E-state index contributed by atoms with van der Waals surface area (Å²) in [6.07, 6.45) is 0.660. The van der Waals surface area contributed by atoms with E-state index in [1.807, 2.05) is 12.1 Å². The van der Waals surface area contributed by atoms with Crippen molar-refractivity contribution >= 4 is 24.3 Å². The van der Waals surface area contributed by atoms with Crippen molar-refractivity contribution in [2.45, 2.75) is 12.5 Å². The quantitative estimate of drug-likeness (QED) is 0.716. The zero-order valence-electron chi connectivity index (χ0n) is 12.1. The highest BCUT2D eigenvalue weighted by Crippen LogP contribution is 2.06. The number of hydrogen-bond donors (Lipinski definition) is 2. The van der Waals surface area contributed by atoms with Crippen LogP contribution < -0.4 is 11.1 Å². The normalized spacial score (nSPS) is 11.2. The van der Waals surface area contributed by atoms with Crippen LogP contribution >= 0.6 is 12.4 Å². The highest BCUT2D eigenvalue weighted by Gasteiger charge is 2.11. The molecule has 0 heterocycles. The van der Waals surface area contributed by atoms with Crippen LogP contribution in [-0.2, 0) is 20.7 Å². The molecular weight excluding hydrogens is 296 g/mol. The van der Waals surface area contributed by atoms with Crippen LogP contribution in [0.1, 0.15) is 15.9 Å². The summed E-state index contributed by atoms with van der Waals surface area (Å²) in [5.41, 5.74) is 7.10. The largest absolute Gasteiger partial charge is 0.465 e. The standard InChI is InChI=1S/C14H20N2O4.ClH/c1-19-9-12(15)13(17)16-8-7-10-3-5-11(6-4-10)14(18)20-2;/h3-6,12H,7-9,15H2,1-2H3,(H,16,17);1H. The molecule has 1 aromatic carbocycles. The van der Waals surface area contributed by atoms with Crippen LogP contribution in [0.4, 0.5) is 0 Å². The molecule has 3 N–H and O–H groups in total. The summed E-state index contributed by atoms with van der Waals surface area (Å²) in [7, 11) is 2.84. The molecule has 0 fully saturated rings. The van der Waals surface area contributed by atoms with Gasteiger partial charge in [-0.1, -0.05) is 12.1 Å². The van der Waals surface area contributed by atoms with Gasteiger partial charge >= 0.3 is 5.97 Å². The van der Waals surface area contributed by atoms with Crippen LogP contribution in [0.2, 0.25) is 0 Å². The molecule has 0 aliphatic heterocycles. The van der Waals surface area contributed by atoms with Gasteiger partial charge in [0.05, 0.1) is 19.3 Å². The molecule has 1 unspecified atom stereocenters. The van der Waals surface area contributed by atoms with Gasteiger partial charge in [0.25, 0.3) is 0 Å². The highest BCUT2D eigenvalue weighted by molar-refractivity contribution is 5.89. The van der Waals surface area contributed by atoms with E-state index in [2.05, 4.69) is 10.1 Å². The van der Waals surface area contributed by atoms with E-state index in [1.165, 1.54) is 14.2 Å². The van der Waals surface area contributed by atoms with Crippen molar-refractivity contribution in [2.24, 2.45) is 5.73 Å². The van der Waals surface area contributed by atoms with Crippen molar-refractivity contribution < 1.29 is 19.1 Å². The smallest absolute Gasteiger partial charge is 0.337 e. The number of ether oxygens (including phenoxy) is 2. The number of nitrogens with two attached hydrogens (primary N) is 1. The predicted octanol–water partition coefficient (Wildman–Crippen LogP) is 0.527. The van der Waals surface area contributed by atoms with Gasteiger partial charge in [-0.25, -0.2) is 4.79 Å². The molecule has 1 amide bonds. The highest BCUT2D eigenvalue weighted by atomic mass is 35.5. The molecule has 6 nitrogen and oxygen atoms in total. The Balaban J connectivity index is 0.00000400. The lowest BCUT2D eigenvalue weighted by atomic mass is 10.1. The second-order valence-corrected chi connectivity index (χ2v) is 4.29. The Morgan fingerprint density at radius 1 is 1.24 bits per heavy atom. The van der Waals surface area contributed by atoms with Gasteiger partial charge in [-0.3, -0.25) is 4.79 Å². The number of nitrogens with one attached hydrogen (secondary N) is 1. The Morgan fingerprint density at radius 2 is 1.86 bits per heavy atom. The van der Waals surface area contributed by atoms with Crippen molar-refractivity contribution in [3.8, 4) is 0 Å². The summed E-state index contributed by atoms with van der Waals surface area (Å²) in [6, 6.07) is 6.39. The summed E-state index contributed by atoms with van der Waals surface area (Å²) >= 11 is 0. The molecule has 1 atom stereocenters. The van der Waals surface area contributed by atoms with Gasteiger partial charge in [0, 0.05) is 13.7 Å². The Labute approximate surface area is 130 Å². The third-order valence-corrected chi connectivity index (χ3v) is 2.77. The molecule has 0 aliphatic rings. The van der Waals surface area contributed by atoms with Gasteiger partial charge < -0.3 is 20.5 Å². The van der Waals surface area contributed by atoms with Gasteiger partial charge in [0.2, 0.25) is 5.91 Å². The van der Waals surface area contributed by atoms with Crippen LogP contribution in [-0.4, -0.2) is 45.3 Å². The zero-order chi connectivity index (χ0) is 15.0. The maximum atomic E-state index is 11.5. The summed E-state index contributed by atoms with van der Waals surface area (Å²) in [6.45, 7) is 0.674. The minimum absolute atomic E-state index is 0. The van der Waals surface area contributed by atoms with Crippen molar-refractivity contribution in [1.82, 2.24) is 5.32 Å². The number of methoxy groups -OCH3 is 2. The zero-order valence-corrected chi connectivity index (χ0v) is 12.9. The van der Waals surface area contributed by atoms with E-state index in [1.54, 1.807) is 12.1 Å². The molecule has 0 bridgehead atoms. The topological polar surface area (TPSA) is 90.6 Å². The molecule has 118 valence electrons. The molecule has 7 heteroatoms. The van der Waals surface area contributed by atoms with Gasteiger partial charge in [0.15, 0.2) is 0 Å². The van der Waals surface area contributed by atoms with Crippen molar-refractivity contribution in [1.29, 1.82) is 0 Å². The SMILES string of the molecule is COCC(N)C(=O)NCCc1ccc(C(=O)OC)cc1.Cl. The number of carbonyl (C=O) groups is 2. The average molecular weight is 317 g/mol. The van der Waals surface area contributed by atoms with Gasteiger partial charge in [-0.15, -0.1) is 12.4 Å². The Morgan fingerprint density at radius 3 is 2.38 bits per heavy atom. The molecule has 1 rings (SSSR count). The van der Waals surface area contributed by atoms with E-state index in [0.29, 0.717) is 18.5 Å². The van der Waals surface area contributed by atoms with Crippen LogP contribution in [0.15, 0.2) is 24.3 Å². The molecule has 1 aromatic rings. The number of carbonyl (C=O) groups excluding carboxylic acids is 2. The Bertz CT molecular complexity index is 451. The van der Waals surface area contributed by atoms with Gasteiger partial charge in [0.1, 0.15) is 6.04 Å². The minimum Gasteiger partial charge on any atom is -0.465 e. The lowest BCUT2D eigenvalue weighted by Gasteiger charge is -2.11. The van der Waals surface area contributed by atoms with E-state index in [0.717, 1.165) is 5.56 Å². The van der Waals surface area contributed by atoms with E-state index in [9.17, 15) is 9.59 Å². The number of hydrogen-bond acceptors (Lipinski definition) is 5. The van der Waals surface area contributed by atoms with Gasteiger partial charge in [-0.2, -0.15) is 0 Å². The first-order valence-corrected chi connectivity index (χ1v) is 6.28. The Hall–Kier alpha value is -1.63. The third kappa shape index (κ3) is 6.57. The second-order valence-electron chi connectivity index (χ2n) is 4.29. The first-order chi connectivity index (χ1) is 9.58. The fourth-order valence-electron chi connectivity index (χ4n) is 1.64. The van der Waals surface area contributed by atoms with E-state index >= 15 is 0 Å². The van der Waals surface area contributed by atoms with Crippen molar-refractivity contribution in [2.75, 3.05) is 27.4 Å². The maximum absolute atomic E-state index is 11.5. The molecular formula is C14H21ClN2O4. The van der Waals surface area contributed by atoms with Crippen LogP contribution in [0.3, 0.4) is 0 Å². The molecule has 0 radical (unpaired) electrons. The lowest BCUT2D eigenvalue weighted by Crippen LogP contribution is -2.44. The first-order valence-electron chi connectivity index (χ1n) is 6.28. The number of halogens is 1. The minimum atomic E-state index is -0.651. The summed E-state index contributed by atoms with van der Waals surface area (Å²) in [5.74, 6) is -0.603.